The van der Waals surface area contributed by atoms with Crippen LogP contribution < -0.4 is 15.2 Å². The molecule has 1 aromatic heterocycles. The maximum absolute atomic E-state index is 12.8. The lowest BCUT2D eigenvalue weighted by atomic mass is 10.0. The third kappa shape index (κ3) is 3.50. The van der Waals surface area contributed by atoms with Crippen molar-refractivity contribution in [1.82, 2.24) is 14.5 Å². The van der Waals surface area contributed by atoms with Crippen LogP contribution in [-0.4, -0.2) is 41.1 Å². The Morgan fingerprint density at radius 2 is 2.16 bits per heavy atom. The predicted molar refractivity (Wildman–Crippen MR) is 91.7 cm³/mol. The molecule has 2 aromatic rings. The second-order valence-electron chi connectivity index (χ2n) is 5.88. The summed E-state index contributed by atoms with van der Waals surface area (Å²) >= 11 is 0. The first-order valence-electron chi connectivity index (χ1n) is 8.17. The van der Waals surface area contributed by atoms with Crippen molar-refractivity contribution >= 4 is 5.91 Å². The van der Waals surface area contributed by atoms with E-state index in [4.69, 9.17) is 9.47 Å². The van der Waals surface area contributed by atoms with E-state index in [9.17, 15) is 9.59 Å². The standard InChI is InChI=1S/C18H21N3O4/c1-24-13-6-7-16(25-2)14(11-13)15-5-3-10-21(15)17(22)12-20-9-4-8-19-18(20)23/h4,6-9,11,15H,3,5,10,12H2,1-2H3. The number of methoxy groups -OCH3 is 2. The molecule has 1 aliphatic heterocycles. The minimum absolute atomic E-state index is 0.0184. The lowest BCUT2D eigenvalue weighted by Crippen LogP contribution is -2.36. The SMILES string of the molecule is COc1ccc(OC)c(C2CCCN2C(=O)Cn2cccnc2=O)c1. The molecule has 3 rings (SSSR count). The Hall–Kier alpha value is -2.83. The summed E-state index contributed by atoms with van der Waals surface area (Å²) in [6.07, 6.45) is 4.74. The van der Waals surface area contributed by atoms with Crippen molar-refractivity contribution in [2.45, 2.75) is 25.4 Å². The van der Waals surface area contributed by atoms with Gasteiger partial charge in [0.25, 0.3) is 0 Å². The molecule has 1 amide bonds. The number of carbonyl (C=O) groups is 1. The van der Waals surface area contributed by atoms with Crippen LogP contribution in [0.3, 0.4) is 0 Å². The van der Waals surface area contributed by atoms with Crippen molar-refractivity contribution in [3.63, 3.8) is 0 Å². The number of rotatable bonds is 5. The van der Waals surface area contributed by atoms with Gasteiger partial charge in [-0.15, -0.1) is 0 Å². The number of hydrogen-bond acceptors (Lipinski definition) is 5. The van der Waals surface area contributed by atoms with Gasteiger partial charge in [-0.25, -0.2) is 9.78 Å². The Bertz CT molecular complexity index is 818. The van der Waals surface area contributed by atoms with E-state index in [0.717, 1.165) is 29.9 Å². The van der Waals surface area contributed by atoms with Crippen molar-refractivity contribution in [3.8, 4) is 11.5 Å². The van der Waals surface area contributed by atoms with Crippen LogP contribution in [0.4, 0.5) is 0 Å². The third-order valence-corrected chi connectivity index (χ3v) is 4.46. The number of amides is 1. The summed E-state index contributed by atoms with van der Waals surface area (Å²) in [5, 5.41) is 0. The summed E-state index contributed by atoms with van der Waals surface area (Å²) in [5.74, 6) is 1.34. The van der Waals surface area contributed by atoms with E-state index < -0.39 is 5.69 Å². The van der Waals surface area contributed by atoms with Crippen LogP contribution in [0, 0.1) is 0 Å². The fourth-order valence-corrected chi connectivity index (χ4v) is 3.23. The fourth-order valence-electron chi connectivity index (χ4n) is 3.23. The van der Waals surface area contributed by atoms with E-state index in [1.54, 1.807) is 31.4 Å². The fraction of sp³-hybridized carbons (Fsp3) is 0.389. The minimum atomic E-state index is -0.425. The van der Waals surface area contributed by atoms with E-state index in [1.807, 2.05) is 18.2 Å². The second-order valence-corrected chi connectivity index (χ2v) is 5.88. The zero-order valence-electron chi connectivity index (χ0n) is 14.3. The Morgan fingerprint density at radius 1 is 1.32 bits per heavy atom. The summed E-state index contributed by atoms with van der Waals surface area (Å²) in [4.78, 5) is 30.0. The highest BCUT2D eigenvalue weighted by molar-refractivity contribution is 5.77. The van der Waals surface area contributed by atoms with Gasteiger partial charge in [0.05, 0.1) is 20.3 Å². The van der Waals surface area contributed by atoms with Crippen molar-refractivity contribution in [3.05, 3.63) is 52.7 Å². The smallest absolute Gasteiger partial charge is 0.347 e. The third-order valence-electron chi connectivity index (χ3n) is 4.46. The number of hydrogen-bond donors (Lipinski definition) is 0. The molecule has 2 heterocycles. The average Bonchev–Trinajstić information content (AvgIpc) is 3.12. The topological polar surface area (TPSA) is 73.7 Å². The number of nitrogens with zero attached hydrogens (tertiary/aromatic N) is 3. The molecule has 25 heavy (non-hydrogen) atoms. The Morgan fingerprint density at radius 3 is 2.88 bits per heavy atom. The maximum Gasteiger partial charge on any atom is 0.347 e. The first-order chi connectivity index (χ1) is 12.1. The minimum Gasteiger partial charge on any atom is -0.497 e. The molecular formula is C18H21N3O4. The van der Waals surface area contributed by atoms with Crippen LogP contribution >= 0.6 is 0 Å². The van der Waals surface area contributed by atoms with Gasteiger partial charge >= 0.3 is 5.69 Å². The van der Waals surface area contributed by atoms with E-state index in [0.29, 0.717) is 6.54 Å². The van der Waals surface area contributed by atoms with Crippen LogP contribution in [-0.2, 0) is 11.3 Å². The van der Waals surface area contributed by atoms with Gasteiger partial charge in [0, 0.05) is 24.5 Å². The summed E-state index contributed by atoms with van der Waals surface area (Å²) in [6.45, 7) is 0.633. The lowest BCUT2D eigenvalue weighted by molar-refractivity contribution is -0.132. The highest BCUT2D eigenvalue weighted by atomic mass is 16.5. The van der Waals surface area contributed by atoms with Gasteiger partial charge in [-0.05, 0) is 37.1 Å². The zero-order valence-corrected chi connectivity index (χ0v) is 14.3. The molecule has 1 aromatic carbocycles. The molecule has 0 bridgehead atoms. The van der Waals surface area contributed by atoms with E-state index >= 15 is 0 Å². The van der Waals surface area contributed by atoms with Gasteiger partial charge in [-0.2, -0.15) is 0 Å². The highest BCUT2D eigenvalue weighted by Crippen LogP contribution is 2.38. The van der Waals surface area contributed by atoms with Crippen molar-refractivity contribution in [2.24, 2.45) is 0 Å². The summed E-state index contributed by atoms with van der Waals surface area (Å²) in [7, 11) is 3.22. The zero-order chi connectivity index (χ0) is 17.8. The molecule has 0 radical (unpaired) electrons. The molecule has 0 N–H and O–H groups in total. The van der Waals surface area contributed by atoms with Gasteiger partial charge in [0.15, 0.2) is 0 Å². The molecule has 7 nitrogen and oxygen atoms in total. The molecule has 0 aliphatic carbocycles. The number of ether oxygens (including phenoxy) is 2. The van der Waals surface area contributed by atoms with Crippen molar-refractivity contribution < 1.29 is 14.3 Å². The number of likely N-dealkylation sites (tertiary alicyclic amines) is 1. The van der Waals surface area contributed by atoms with E-state index in [-0.39, 0.29) is 18.5 Å². The molecule has 1 unspecified atom stereocenters. The van der Waals surface area contributed by atoms with Gasteiger partial charge in [0.1, 0.15) is 18.0 Å². The molecule has 0 spiro atoms. The first-order valence-corrected chi connectivity index (χ1v) is 8.17. The molecule has 1 atom stereocenters. The summed E-state index contributed by atoms with van der Waals surface area (Å²) in [6, 6.07) is 7.14. The predicted octanol–water partition coefficient (Wildman–Crippen LogP) is 1.62. The Balaban J connectivity index is 1.86. The maximum atomic E-state index is 12.8. The van der Waals surface area contributed by atoms with Crippen molar-refractivity contribution in [2.75, 3.05) is 20.8 Å². The lowest BCUT2D eigenvalue weighted by Gasteiger charge is -2.27. The van der Waals surface area contributed by atoms with E-state index in [2.05, 4.69) is 4.98 Å². The number of carbonyl (C=O) groups excluding carboxylic acids is 1. The van der Waals surface area contributed by atoms with Crippen LogP contribution in [0.5, 0.6) is 11.5 Å². The van der Waals surface area contributed by atoms with Gasteiger partial charge in [-0.1, -0.05) is 0 Å². The highest BCUT2D eigenvalue weighted by Gasteiger charge is 2.32. The summed E-state index contributed by atoms with van der Waals surface area (Å²) < 4.78 is 12.1. The molecule has 7 heteroatoms. The Kier molecular flexibility index (Phi) is 5.02. The Labute approximate surface area is 145 Å². The number of benzene rings is 1. The molecule has 132 valence electrons. The van der Waals surface area contributed by atoms with E-state index in [1.165, 1.54) is 10.8 Å². The quantitative estimate of drug-likeness (QED) is 0.825. The summed E-state index contributed by atoms with van der Waals surface area (Å²) in [5.41, 5.74) is 0.497. The average molecular weight is 343 g/mol. The van der Waals surface area contributed by atoms with Crippen LogP contribution in [0.15, 0.2) is 41.5 Å². The van der Waals surface area contributed by atoms with Crippen LogP contribution in [0.1, 0.15) is 24.4 Å². The van der Waals surface area contributed by atoms with Crippen LogP contribution in [0.25, 0.3) is 0 Å². The molecular weight excluding hydrogens is 322 g/mol. The van der Waals surface area contributed by atoms with Gasteiger partial charge in [0.2, 0.25) is 5.91 Å². The van der Waals surface area contributed by atoms with Gasteiger partial charge in [-0.3, -0.25) is 9.36 Å². The largest absolute Gasteiger partial charge is 0.497 e. The second kappa shape index (κ2) is 7.38. The van der Waals surface area contributed by atoms with Crippen molar-refractivity contribution in [1.29, 1.82) is 0 Å². The molecule has 0 saturated carbocycles. The molecule has 1 aliphatic rings. The molecule has 1 fully saturated rings. The molecule has 1 saturated heterocycles. The van der Waals surface area contributed by atoms with Gasteiger partial charge < -0.3 is 14.4 Å². The monoisotopic (exact) mass is 343 g/mol. The first kappa shape index (κ1) is 17.0. The van der Waals surface area contributed by atoms with Crippen LogP contribution in [0.2, 0.25) is 0 Å². The number of aromatic nitrogens is 2. The normalized spacial score (nSPS) is 16.7.